The maximum atomic E-state index is 16.3. The predicted molar refractivity (Wildman–Crippen MR) is 121 cm³/mol. The number of carboxylic acids is 1. The van der Waals surface area contributed by atoms with E-state index >= 15 is 4.39 Å². The van der Waals surface area contributed by atoms with Crippen molar-refractivity contribution in [1.29, 1.82) is 0 Å². The molecule has 0 heterocycles. The Labute approximate surface area is 195 Å². The van der Waals surface area contributed by atoms with Gasteiger partial charge in [0, 0.05) is 17.4 Å². The molecule has 7 heteroatoms. The average molecular weight is 473 g/mol. The third-order valence-corrected chi connectivity index (χ3v) is 6.24. The highest BCUT2D eigenvalue weighted by Gasteiger charge is 2.57. The van der Waals surface area contributed by atoms with Gasteiger partial charge in [0.1, 0.15) is 11.9 Å². The summed E-state index contributed by atoms with van der Waals surface area (Å²) in [6.07, 6.45) is -0.855. The third kappa shape index (κ3) is 5.02. The zero-order chi connectivity index (χ0) is 23.6. The lowest BCUT2D eigenvalue weighted by molar-refractivity contribution is -0.163. The molecule has 4 nitrogen and oxygen atoms in total. The van der Waals surface area contributed by atoms with Crippen molar-refractivity contribution in [2.24, 2.45) is 5.92 Å². The number of hydrogen-bond donors (Lipinski definition) is 2. The number of carboxylic acid groups (broad SMARTS) is 1. The second-order valence-corrected chi connectivity index (χ2v) is 8.78. The fourth-order valence-corrected chi connectivity index (χ4v) is 4.31. The summed E-state index contributed by atoms with van der Waals surface area (Å²) in [5, 5.41) is 21.2. The summed E-state index contributed by atoms with van der Waals surface area (Å²) < 4.78 is 36.1. The number of benzene rings is 3. The van der Waals surface area contributed by atoms with Crippen LogP contribution in [0.25, 0.3) is 0 Å². The first-order valence-electron chi connectivity index (χ1n) is 10.7. The SMILES string of the molecule is O=C(O)C(F)(C(O)Cc1ccc(F)c(Oc2ccccc2)c1)C(c1ccc(Cl)cc1)C1CC1. The Morgan fingerprint density at radius 2 is 1.76 bits per heavy atom. The summed E-state index contributed by atoms with van der Waals surface area (Å²) in [6, 6.07) is 18.8. The largest absolute Gasteiger partial charge is 0.479 e. The number of para-hydroxylation sites is 1. The molecule has 1 saturated carbocycles. The van der Waals surface area contributed by atoms with E-state index in [0.29, 0.717) is 34.7 Å². The Morgan fingerprint density at radius 1 is 1.09 bits per heavy atom. The minimum atomic E-state index is -2.94. The summed E-state index contributed by atoms with van der Waals surface area (Å²) >= 11 is 5.94. The molecule has 2 N–H and O–H groups in total. The molecule has 33 heavy (non-hydrogen) atoms. The van der Waals surface area contributed by atoms with Gasteiger partial charge >= 0.3 is 5.97 Å². The molecule has 0 bridgehead atoms. The maximum absolute atomic E-state index is 16.3. The highest BCUT2D eigenvalue weighted by Crippen LogP contribution is 2.51. The van der Waals surface area contributed by atoms with Crippen LogP contribution in [0.2, 0.25) is 5.02 Å². The van der Waals surface area contributed by atoms with Crippen LogP contribution in [0.3, 0.4) is 0 Å². The average Bonchev–Trinajstić information content (AvgIpc) is 3.63. The Morgan fingerprint density at radius 3 is 2.36 bits per heavy atom. The highest BCUT2D eigenvalue weighted by atomic mass is 35.5. The first-order valence-corrected chi connectivity index (χ1v) is 11.0. The molecule has 3 unspecified atom stereocenters. The number of halogens is 3. The molecule has 0 aromatic heterocycles. The van der Waals surface area contributed by atoms with Crippen LogP contribution in [0, 0.1) is 11.7 Å². The van der Waals surface area contributed by atoms with Crippen molar-refractivity contribution < 1.29 is 28.5 Å². The van der Waals surface area contributed by atoms with Crippen LogP contribution in [0.5, 0.6) is 11.5 Å². The van der Waals surface area contributed by atoms with Gasteiger partial charge in [0.05, 0.1) is 0 Å². The first-order chi connectivity index (χ1) is 15.8. The molecule has 0 aliphatic heterocycles. The van der Waals surface area contributed by atoms with Crippen molar-refractivity contribution in [3.8, 4) is 11.5 Å². The number of rotatable bonds is 9. The number of alkyl halides is 1. The van der Waals surface area contributed by atoms with Gasteiger partial charge in [0.25, 0.3) is 0 Å². The Kier molecular flexibility index (Phi) is 6.68. The minimum Gasteiger partial charge on any atom is -0.479 e. The van der Waals surface area contributed by atoms with Gasteiger partial charge in [0.2, 0.25) is 5.67 Å². The van der Waals surface area contributed by atoms with E-state index in [0.717, 1.165) is 6.07 Å². The molecule has 0 amide bonds. The van der Waals surface area contributed by atoms with E-state index in [1.807, 2.05) is 0 Å². The molecule has 3 aromatic rings. The van der Waals surface area contributed by atoms with Gasteiger partial charge in [-0.3, -0.25) is 0 Å². The quantitative estimate of drug-likeness (QED) is 0.391. The summed E-state index contributed by atoms with van der Waals surface area (Å²) in [5.74, 6) is -3.28. The standard InChI is InChI=1S/C26H23ClF2O4/c27-19-11-9-18(10-12-19)24(17-7-8-17)26(29,25(31)32)23(30)15-16-6-13-21(28)22(14-16)33-20-4-2-1-3-5-20/h1-6,9-14,17,23-24,30H,7-8,15H2,(H,31,32). The molecule has 3 atom stereocenters. The van der Waals surface area contributed by atoms with Crippen molar-refractivity contribution in [3.63, 3.8) is 0 Å². The van der Waals surface area contributed by atoms with Crippen LogP contribution < -0.4 is 4.74 Å². The number of ether oxygens (including phenoxy) is 1. The fourth-order valence-electron chi connectivity index (χ4n) is 4.18. The van der Waals surface area contributed by atoms with E-state index in [1.54, 1.807) is 54.6 Å². The van der Waals surface area contributed by atoms with Gasteiger partial charge in [-0.25, -0.2) is 13.6 Å². The van der Waals surface area contributed by atoms with Crippen LogP contribution in [0.4, 0.5) is 8.78 Å². The van der Waals surface area contributed by atoms with Gasteiger partial charge in [-0.2, -0.15) is 0 Å². The number of aliphatic hydroxyl groups excluding tert-OH is 1. The van der Waals surface area contributed by atoms with Gasteiger partial charge in [-0.15, -0.1) is 0 Å². The van der Waals surface area contributed by atoms with Crippen LogP contribution >= 0.6 is 11.6 Å². The summed E-state index contributed by atoms with van der Waals surface area (Å²) in [4.78, 5) is 12.2. The first kappa shape index (κ1) is 23.2. The molecule has 1 aliphatic carbocycles. The maximum Gasteiger partial charge on any atom is 0.344 e. The fraction of sp³-hybridized carbons (Fsp3) is 0.269. The Balaban J connectivity index is 1.62. The van der Waals surface area contributed by atoms with E-state index in [9.17, 15) is 19.4 Å². The molecule has 4 rings (SSSR count). The third-order valence-electron chi connectivity index (χ3n) is 5.98. The lowest BCUT2D eigenvalue weighted by atomic mass is 9.75. The smallest absolute Gasteiger partial charge is 0.344 e. The molecular weight excluding hydrogens is 450 g/mol. The Hall–Kier alpha value is -2.96. The van der Waals surface area contributed by atoms with Crippen LogP contribution in [0.15, 0.2) is 72.8 Å². The zero-order valence-corrected chi connectivity index (χ0v) is 18.4. The van der Waals surface area contributed by atoms with Crippen LogP contribution in [-0.4, -0.2) is 28.0 Å². The van der Waals surface area contributed by atoms with Crippen molar-refractivity contribution >= 4 is 17.6 Å². The van der Waals surface area contributed by atoms with Gasteiger partial charge < -0.3 is 14.9 Å². The normalized spacial score (nSPS) is 17.1. The summed E-state index contributed by atoms with van der Waals surface area (Å²) in [5.41, 5.74) is -2.12. The Bertz CT molecular complexity index is 1120. The highest BCUT2D eigenvalue weighted by molar-refractivity contribution is 6.30. The molecule has 0 saturated heterocycles. The van der Waals surface area contributed by atoms with E-state index in [1.165, 1.54) is 12.1 Å². The molecule has 3 aromatic carbocycles. The van der Waals surface area contributed by atoms with E-state index in [2.05, 4.69) is 0 Å². The monoisotopic (exact) mass is 472 g/mol. The molecule has 1 fully saturated rings. The number of hydrogen-bond acceptors (Lipinski definition) is 3. The molecule has 172 valence electrons. The van der Waals surface area contributed by atoms with E-state index in [-0.39, 0.29) is 18.1 Å². The van der Waals surface area contributed by atoms with Crippen LogP contribution in [-0.2, 0) is 11.2 Å². The summed E-state index contributed by atoms with van der Waals surface area (Å²) in [7, 11) is 0. The minimum absolute atomic E-state index is 0.0953. The van der Waals surface area contributed by atoms with Gasteiger partial charge in [-0.1, -0.05) is 48.0 Å². The zero-order valence-electron chi connectivity index (χ0n) is 17.6. The van der Waals surface area contributed by atoms with Crippen molar-refractivity contribution in [2.75, 3.05) is 0 Å². The van der Waals surface area contributed by atoms with E-state index < -0.39 is 29.5 Å². The number of aliphatic hydroxyl groups is 1. The van der Waals surface area contributed by atoms with Crippen molar-refractivity contribution in [2.45, 2.75) is 37.0 Å². The number of aliphatic carboxylic acids is 1. The van der Waals surface area contributed by atoms with E-state index in [4.69, 9.17) is 16.3 Å². The van der Waals surface area contributed by atoms with Gasteiger partial charge in [0.15, 0.2) is 11.6 Å². The topological polar surface area (TPSA) is 66.8 Å². The number of carbonyl (C=O) groups is 1. The lowest BCUT2D eigenvalue weighted by Gasteiger charge is -2.35. The molecule has 1 aliphatic rings. The van der Waals surface area contributed by atoms with Crippen molar-refractivity contribution in [1.82, 2.24) is 0 Å². The van der Waals surface area contributed by atoms with Crippen LogP contribution in [0.1, 0.15) is 29.9 Å². The predicted octanol–water partition coefficient (Wildman–Crippen LogP) is 6.16. The lowest BCUT2D eigenvalue weighted by Crippen LogP contribution is -2.52. The van der Waals surface area contributed by atoms with Gasteiger partial charge in [-0.05, 0) is 66.3 Å². The second-order valence-electron chi connectivity index (χ2n) is 8.34. The molecule has 0 radical (unpaired) electrons. The molecule has 0 spiro atoms. The van der Waals surface area contributed by atoms with Crippen molar-refractivity contribution in [3.05, 3.63) is 94.8 Å². The molecular formula is C26H23ClF2O4. The summed E-state index contributed by atoms with van der Waals surface area (Å²) in [6.45, 7) is 0. The second kappa shape index (κ2) is 9.49.